The van der Waals surface area contributed by atoms with Crippen LogP contribution in [0.25, 0.3) is 11.3 Å². The summed E-state index contributed by atoms with van der Waals surface area (Å²) >= 11 is 6.25. The summed E-state index contributed by atoms with van der Waals surface area (Å²) in [6.07, 6.45) is 0. The average molecular weight is 384 g/mol. The van der Waals surface area contributed by atoms with Crippen LogP contribution in [0.5, 0.6) is 0 Å². The minimum atomic E-state index is -0.369. The summed E-state index contributed by atoms with van der Waals surface area (Å²) < 4.78 is 5.24. The van der Waals surface area contributed by atoms with Crippen molar-refractivity contribution in [3.05, 3.63) is 64.4 Å². The van der Waals surface area contributed by atoms with Crippen molar-refractivity contribution >= 4 is 34.8 Å². The second kappa shape index (κ2) is 7.63. The van der Waals surface area contributed by atoms with Crippen LogP contribution in [0.2, 0.25) is 5.02 Å². The third-order valence-electron chi connectivity index (χ3n) is 4.02. The molecule has 0 unspecified atom stereocenters. The summed E-state index contributed by atoms with van der Waals surface area (Å²) in [6, 6.07) is 12.4. The Balaban J connectivity index is 1.96. The number of aromatic nitrogens is 1. The quantitative estimate of drug-likeness (QED) is 0.676. The van der Waals surface area contributed by atoms with E-state index in [0.717, 1.165) is 5.56 Å². The molecule has 0 atom stereocenters. The van der Waals surface area contributed by atoms with Gasteiger partial charge in [-0.1, -0.05) is 41.0 Å². The maximum atomic E-state index is 12.9. The zero-order valence-corrected chi connectivity index (χ0v) is 15.8. The van der Waals surface area contributed by atoms with Gasteiger partial charge in [-0.05, 0) is 37.6 Å². The molecule has 0 bridgehead atoms. The lowest BCUT2D eigenvalue weighted by Crippen LogP contribution is -2.15. The summed E-state index contributed by atoms with van der Waals surface area (Å²) in [5.74, 6) is -0.170. The number of halogens is 1. The third-order valence-corrected chi connectivity index (χ3v) is 4.35. The fourth-order valence-electron chi connectivity index (χ4n) is 2.70. The molecule has 2 amide bonds. The van der Waals surface area contributed by atoms with Crippen LogP contribution < -0.4 is 10.6 Å². The monoisotopic (exact) mass is 383 g/mol. The first-order chi connectivity index (χ1) is 12.9. The third kappa shape index (κ3) is 4.01. The van der Waals surface area contributed by atoms with Crippen LogP contribution in [-0.4, -0.2) is 17.0 Å². The highest BCUT2D eigenvalue weighted by Gasteiger charge is 2.23. The zero-order valence-electron chi connectivity index (χ0n) is 15.1. The second-order valence-electron chi connectivity index (χ2n) is 6.11. The molecule has 0 saturated carbocycles. The van der Waals surface area contributed by atoms with Crippen molar-refractivity contribution in [3.63, 3.8) is 0 Å². The highest BCUT2D eigenvalue weighted by molar-refractivity contribution is 6.33. The predicted octanol–water partition coefficient (Wildman–Crippen LogP) is 4.82. The van der Waals surface area contributed by atoms with Gasteiger partial charge in [0.15, 0.2) is 0 Å². The minimum absolute atomic E-state index is 0.188. The molecule has 27 heavy (non-hydrogen) atoms. The van der Waals surface area contributed by atoms with E-state index >= 15 is 0 Å². The molecule has 0 aliphatic rings. The largest absolute Gasteiger partial charge is 0.360 e. The number of hydrogen-bond donors (Lipinski definition) is 2. The lowest BCUT2D eigenvalue weighted by Gasteiger charge is -2.11. The Labute approximate surface area is 161 Å². The molecule has 3 aromatic rings. The molecule has 1 heterocycles. The SMILES string of the molecule is CC(=O)Nc1ccc(C)c(NC(=O)c2c(-c3ccccc3Cl)noc2C)c1. The first-order valence-electron chi connectivity index (χ1n) is 8.27. The number of hydrogen-bond acceptors (Lipinski definition) is 4. The fraction of sp³-hybridized carbons (Fsp3) is 0.150. The number of carbonyl (C=O) groups excluding carboxylic acids is 2. The van der Waals surface area contributed by atoms with Crippen molar-refractivity contribution in [2.75, 3.05) is 10.6 Å². The lowest BCUT2D eigenvalue weighted by molar-refractivity contribution is -0.114. The van der Waals surface area contributed by atoms with Crippen LogP contribution in [0, 0.1) is 13.8 Å². The number of nitrogens with zero attached hydrogens (tertiary/aromatic N) is 1. The highest BCUT2D eigenvalue weighted by atomic mass is 35.5. The van der Waals surface area contributed by atoms with Crippen LogP contribution in [0.4, 0.5) is 11.4 Å². The van der Waals surface area contributed by atoms with Crippen molar-refractivity contribution in [1.29, 1.82) is 0 Å². The van der Waals surface area contributed by atoms with E-state index < -0.39 is 0 Å². The number of benzene rings is 2. The van der Waals surface area contributed by atoms with Gasteiger partial charge in [-0.2, -0.15) is 0 Å². The maximum Gasteiger partial charge on any atom is 0.261 e. The topological polar surface area (TPSA) is 84.2 Å². The van der Waals surface area contributed by atoms with Gasteiger partial charge in [-0.3, -0.25) is 9.59 Å². The molecule has 0 spiro atoms. The molecule has 0 saturated heterocycles. The molecule has 138 valence electrons. The van der Waals surface area contributed by atoms with Crippen molar-refractivity contribution in [2.24, 2.45) is 0 Å². The summed E-state index contributed by atoms with van der Waals surface area (Å²) in [4.78, 5) is 24.2. The first-order valence-corrected chi connectivity index (χ1v) is 8.65. The molecule has 1 aromatic heterocycles. The van der Waals surface area contributed by atoms with E-state index in [1.807, 2.05) is 19.1 Å². The van der Waals surface area contributed by atoms with E-state index in [9.17, 15) is 9.59 Å². The summed E-state index contributed by atoms with van der Waals surface area (Å²) in [5.41, 5.74) is 3.34. The van der Waals surface area contributed by atoms with E-state index in [2.05, 4.69) is 15.8 Å². The summed E-state index contributed by atoms with van der Waals surface area (Å²) in [7, 11) is 0. The van der Waals surface area contributed by atoms with Crippen LogP contribution in [0.3, 0.4) is 0 Å². The standard InChI is InChI=1S/C20H18ClN3O3/c1-11-8-9-14(22-13(3)25)10-17(11)23-20(26)18-12(2)27-24-19(18)15-6-4-5-7-16(15)21/h4-10H,1-3H3,(H,22,25)(H,23,26). The van der Waals surface area contributed by atoms with Gasteiger partial charge in [0, 0.05) is 23.9 Å². The Hall–Kier alpha value is -3.12. The molecule has 6 nitrogen and oxygen atoms in total. The van der Waals surface area contributed by atoms with E-state index in [4.69, 9.17) is 16.1 Å². The Bertz CT molecular complexity index is 1030. The Morgan fingerprint density at radius 1 is 1.07 bits per heavy atom. The minimum Gasteiger partial charge on any atom is -0.360 e. The van der Waals surface area contributed by atoms with Crippen molar-refractivity contribution < 1.29 is 14.1 Å². The molecule has 2 aromatic carbocycles. The predicted molar refractivity (Wildman–Crippen MR) is 105 cm³/mol. The van der Waals surface area contributed by atoms with Crippen LogP contribution in [-0.2, 0) is 4.79 Å². The van der Waals surface area contributed by atoms with E-state index in [1.165, 1.54) is 6.92 Å². The highest BCUT2D eigenvalue weighted by Crippen LogP contribution is 2.32. The Morgan fingerprint density at radius 3 is 2.52 bits per heavy atom. The van der Waals surface area contributed by atoms with Gasteiger partial charge in [0.25, 0.3) is 5.91 Å². The Morgan fingerprint density at radius 2 is 1.81 bits per heavy atom. The number of amides is 2. The average Bonchev–Trinajstić information content (AvgIpc) is 2.99. The molecule has 2 N–H and O–H groups in total. The number of aryl methyl sites for hydroxylation is 2. The number of nitrogens with one attached hydrogen (secondary N) is 2. The van der Waals surface area contributed by atoms with Crippen molar-refractivity contribution in [2.45, 2.75) is 20.8 Å². The van der Waals surface area contributed by atoms with Gasteiger partial charge < -0.3 is 15.2 Å². The summed E-state index contributed by atoms with van der Waals surface area (Å²) in [5, 5.41) is 10.0. The van der Waals surface area contributed by atoms with Gasteiger partial charge in [-0.15, -0.1) is 0 Å². The van der Waals surface area contributed by atoms with E-state index in [-0.39, 0.29) is 11.8 Å². The summed E-state index contributed by atoms with van der Waals surface area (Å²) in [6.45, 7) is 4.96. The van der Waals surface area contributed by atoms with Crippen molar-refractivity contribution in [3.8, 4) is 11.3 Å². The number of carbonyl (C=O) groups is 2. The first kappa shape index (κ1) is 18.7. The smallest absolute Gasteiger partial charge is 0.261 e. The molecule has 0 aliphatic heterocycles. The second-order valence-corrected chi connectivity index (χ2v) is 6.51. The van der Waals surface area contributed by atoms with Gasteiger partial charge in [0.2, 0.25) is 5.91 Å². The lowest BCUT2D eigenvalue weighted by atomic mass is 10.1. The van der Waals surface area contributed by atoms with E-state index in [1.54, 1.807) is 37.3 Å². The normalized spacial score (nSPS) is 10.5. The van der Waals surface area contributed by atoms with E-state index in [0.29, 0.717) is 39.0 Å². The fourth-order valence-corrected chi connectivity index (χ4v) is 2.92. The van der Waals surface area contributed by atoms with Gasteiger partial charge in [-0.25, -0.2) is 0 Å². The Kier molecular flexibility index (Phi) is 5.28. The molecule has 0 aliphatic carbocycles. The van der Waals surface area contributed by atoms with Crippen LogP contribution in [0.15, 0.2) is 47.0 Å². The van der Waals surface area contributed by atoms with Crippen LogP contribution >= 0.6 is 11.6 Å². The van der Waals surface area contributed by atoms with Gasteiger partial charge in [0.05, 0.1) is 5.02 Å². The molecule has 3 rings (SSSR count). The number of rotatable bonds is 4. The number of anilines is 2. The maximum absolute atomic E-state index is 12.9. The molecular weight excluding hydrogens is 366 g/mol. The molecular formula is C20H18ClN3O3. The molecule has 0 fully saturated rings. The molecule has 7 heteroatoms. The van der Waals surface area contributed by atoms with Crippen LogP contribution in [0.1, 0.15) is 28.6 Å². The molecule has 0 radical (unpaired) electrons. The van der Waals surface area contributed by atoms with Crippen molar-refractivity contribution in [1.82, 2.24) is 5.16 Å². The van der Waals surface area contributed by atoms with Gasteiger partial charge >= 0.3 is 0 Å². The zero-order chi connectivity index (χ0) is 19.6. The van der Waals surface area contributed by atoms with Gasteiger partial charge in [0.1, 0.15) is 17.0 Å².